The van der Waals surface area contributed by atoms with Crippen molar-refractivity contribution in [2.45, 2.75) is 18.9 Å². The SMILES string of the molecule is O=C(NC1CCS(=O)(=O)CC1)c1nnc(Cl)s1. The summed E-state index contributed by atoms with van der Waals surface area (Å²) in [6.45, 7) is 0. The molecule has 9 heteroatoms. The third-order valence-electron chi connectivity index (χ3n) is 2.48. The number of aromatic nitrogens is 2. The Hall–Kier alpha value is -0.730. The first-order valence-corrected chi connectivity index (χ1v) is 7.98. The molecule has 1 aliphatic rings. The van der Waals surface area contributed by atoms with Gasteiger partial charge in [-0.3, -0.25) is 4.79 Å². The van der Waals surface area contributed by atoms with Crippen molar-refractivity contribution in [2.24, 2.45) is 0 Å². The van der Waals surface area contributed by atoms with Crippen LogP contribution >= 0.6 is 22.9 Å². The van der Waals surface area contributed by atoms with Crippen molar-refractivity contribution < 1.29 is 13.2 Å². The second-order valence-electron chi connectivity index (χ2n) is 3.76. The van der Waals surface area contributed by atoms with E-state index in [2.05, 4.69) is 15.5 Å². The van der Waals surface area contributed by atoms with E-state index in [1.165, 1.54) is 0 Å². The van der Waals surface area contributed by atoms with Crippen molar-refractivity contribution in [1.82, 2.24) is 15.5 Å². The number of nitrogens with one attached hydrogen (secondary N) is 1. The minimum Gasteiger partial charge on any atom is -0.347 e. The normalized spacial score (nSPS) is 20.1. The topological polar surface area (TPSA) is 89.0 Å². The van der Waals surface area contributed by atoms with Gasteiger partial charge in [-0.05, 0) is 24.4 Å². The molecule has 1 N–H and O–H groups in total. The van der Waals surface area contributed by atoms with Crippen LogP contribution in [0.3, 0.4) is 0 Å². The fraction of sp³-hybridized carbons (Fsp3) is 0.625. The lowest BCUT2D eigenvalue weighted by Crippen LogP contribution is -2.40. The molecule has 0 bridgehead atoms. The van der Waals surface area contributed by atoms with Crippen LogP contribution in [0.2, 0.25) is 4.47 Å². The molecule has 1 aliphatic heterocycles. The third kappa shape index (κ3) is 3.36. The van der Waals surface area contributed by atoms with Crippen LogP contribution in [0.4, 0.5) is 0 Å². The molecule has 1 aromatic rings. The molecule has 6 nitrogen and oxygen atoms in total. The zero-order valence-corrected chi connectivity index (χ0v) is 11.1. The van der Waals surface area contributed by atoms with Crippen molar-refractivity contribution in [2.75, 3.05) is 11.5 Å². The Morgan fingerprint density at radius 1 is 1.35 bits per heavy atom. The lowest BCUT2D eigenvalue weighted by atomic mass is 10.1. The zero-order chi connectivity index (χ0) is 12.5. The van der Waals surface area contributed by atoms with Gasteiger partial charge in [0.1, 0.15) is 9.84 Å². The Balaban J connectivity index is 1.92. The summed E-state index contributed by atoms with van der Waals surface area (Å²) in [6, 6.07) is -0.117. The average molecular weight is 296 g/mol. The molecule has 0 atom stereocenters. The van der Waals surface area contributed by atoms with Crippen molar-refractivity contribution >= 4 is 38.7 Å². The highest BCUT2D eigenvalue weighted by Crippen LogP contribution is 2.16. The number of halogens is 1. The quantitative estimate of drug-likeness (QED) is 0.858. The second-order valence-corrected chi connectivity index (χ2v) is 7.62. The standard InChI is InChI=1S/C8H10ClN3O3S2/c9-8-12-11-7(16-8)6(13)10-5-1-3-17(14,15)4-2-5/h5H,1-4H2,(H,10,13). The first kappa shape index (κ1) is 12.7. The van der Waals surface area contributed by atoms with Gasteiger partial charge >= 0.3 is 0 Å². The van der Waals surface area contributed by atoms with E-state index >= 15 is 0 Å². The molecule has 94 valence electrons. The predicted octanol–water partition coefficient (Wildman–Crippen LogP) is 0.499. The van der Waals surface area contributed by atoms with E-state index in [4.69, 9.17) is 11.6 Å². The highest BCUT2D eigenvalue weighted by molar-refractivity contribution is 7.91. The lowest BCUT2D eigenvalue weighted by molar-refractivity contribution is 0.0933. The van der Waals surface area contributed by atoms with Crippen molar-refractivity contribution in [1.29, 1.82) is 0 Å². The number of carbonyl (C=O) groups is 1. The molecule has 0 aromatic carbocycles. The Morgan fingerprint density at radius 3 is 2.53 bits per heavy atom. The van der Waals surface area contributed by atoms with Crippen LogP contribution in [-0.4, -0.2) is 42.1 Å². The maximum absolute atomic E-state index is 11.7. The van der Waals surface area contributed by atoms with E-state index in [9.17, 15) is 13.2 Å². The minimum atomic E-state index is -2.91. The van der Waals surface area contributed by atoms with Gasteiger partial charge in [-0.1, -0.05) is 11.3 Å². The summed E-state index contributed by atoms with van der Waals surface area (Å²) >= 11 is 6.57. The molecule has 0 unspecified atom stereocenters. The van der Waals surface area contributed by atoms with Gasteiger partial charge in [0, 0.05) is 6.04 Å². The van der Waals surface area contributed by atoms with Gasteiger partial charge in [0.15, 0.2) is 0 Å². The molecule has 17 heavy (non-hydrogen) atoms. The zero-order valence-electron chi connectivity index (χ0n) is 8.72. The largest absolute Gasteiger partial charge is 0.347 e. The highest BCUT2D eigenvalue weighted by atomic mass is 35.5. The van der Waals surface area contributed by atoms with Crippen LogP contribution < -0.4 is 5.32 Å². The van der Waals surface area contributed by atoms with Crippen LogP contribution in [0.5, 0.6) is 0 Å². The van der Waals surface area contributed by atoms with E-state index in [1.807, 2.05) is 0 Å². The molecule has 0 spiro atoms. The van der Waals surface area contributed by atoms with E-state index in [0.717, 1.165) is 11.3 Å². The molecule has 0 radical (unpaired) electrons. The van der Waals surface area contributed by atoms with Crippen LogP contribution in [0.25, 0.3) is 0 Å². The molecule has 2 rings (SSSR count). The minimum absolute atomic E-state index is 0.117. The van der Waals surface area contributed by atoms with Gasteiger partial charge in [0.25, 0.3) is 5.91 Å². The first-order chi connectivity index (χ1) is 7.96. The number of carbonyl (C=O) groups excluding carboxylic acids is 1. The monoisotopic (exact) mass is 295 g/mol. The van der Waals surface area contributed by atoms with E-state index in [-0.39, 0.29) is 32.9 Å². The molecule has 1 saturated heterocycles. The number of nitrogens with zero attached hydrogens (tertiary/aromatic N) is 2. The maximum atomic E-state index is 11.7. The molecule has 0 saturated carbocycles. The van der Waals surface area contributed by atoms with Gasteiger partial charge in [-0.15, -0.1) is 10.2 Å². The molecule has 0 aliphatic carbocycles. The Morgan fingerprint density at radius 2 is 2.00 bits per heavy atom. The second kappa shape index (κ2) is 4.87. The van der Waals surface area contributed by atoms with E-state index in [1.54, 1.807) is 0 Å². The predicted molar refractivity (Wildman–Crippen MR) is 64.1 cm³/mol. The van der Waals surface area contributed by atoms with Crippen LogP contribution in [0, 0.1) is 0 Å². The summed E-state index contributed by atoms with van der Waals surface area (Å²) < 4.78 is 22.6. The van der Waals surface area contributed by atoms with Crippen molar-refractivity contribution in [3.63, 3.8) is 0 Å². The third-order valence-corrected chi connectivity index (χ3v) is 5.22. The fourth-order valence-electron chi connectivity index (χ4n) is 1.58. The van der Waals surface area contributed by atoms with Gasteiger partial charge in [-0.25, -0.2) is 8.42 Å². The molecular weight excluding hydrogens is 286 g/mol. The smallest absolute Gasteiger partial charge is 0.282 e. The Labute approximate surface area is 107 Å². The molecule has 1 fully saturated rings. The number of hydrogen-bond acceptors (Lipinski definition) is 6. The number of rotatable bonds is 2. The van der Waals surface area contributed by atoms with Crippen molar-refractivity contribution in [3.05, 3.63) is 9.47 Å². The van der Waals surface area contributed by atoms with Gasteiger partial charge in [-0.2, -0.15) is 0 Å². The van der Waals surface area contributed by atoms with Crippen LogP contribution in [0.1, 0.15) is 22.6 Å². The Bertz CT molecular complexity index is 514. The lowest BCUT2D eigenvalue weighted by Gasteiger charge is -2.22. The summed E-state index contributed by atoms with van der Waals surface area (Å²) in [5.74, 6) is -0.109. The summed E-state index contributed by atoms with van der Waals surface area (Å²) in [5.41, 5.74) is 0. The van der Waals surface area contributed by atoms with Crippen molar-refractivity contribution in [3.8, 4) is 0 Å². The fourth-order valence-corrected chi connectivity index (χ4v) is 3.80. The summed E-state index contributed by atoms with van der Waals surface area (Å²) in [5, 5.41) is 10.1. The van der Waals surface area contributed by atoms with E-state index in [0.29, 0.717) is 12.8 Å². The number of sulfone groups is 1. The molecule has 1 amide bonds. The maximum Gasteiger partial charge on any atom is 0.282 e. The van der Waals surface area contributed by atoms with Crippen LogP contribution in [0.15, 0.2) is 0 Å². The van der Waals surface area contributed by atoms with Crippen LogP contribution in [-0.2, 0) is 9.84 Å². The summed E-state index contributed by atoms with van der Waals surface area (Å²) in [7, 11) is -2.91. The highest BCUT2D eigenvalue weighted by Gasteiger charge is 2.25. The molecule has 1 aromatic heterocycles. The summed E-state index contributed by atoms with van der Waals surface area (Å²) in [4.78, 5) is 11.7. The average Bonchev–Trinajstić information content (AvgIpc) is 2.68. The molecule has 2 heterocycles. The van der Waals surface area contributed by atoms with Gasteiger partial charge in [0.2, 0.25) is 9.47 Å². The van der Waals surface area contributed by atoms with E-state index < -0.39 is 9.84 Å². The first-order valence-electron chi connectivity index (χ1n) is 4.96. The summed E-state index contributed by atoms with van der Waals surface area (Å²) in [6.07, 6.45) is 0.890. The van der Waals surface area contributed by atoms with Gasteiger partial charge < -0.3 is 5.32 Å². The Kier molecular flexibility index (Phi) is 3.64. The number of hydrogen-bond donors (Lipinski definition) is 1. The number of amides is 1. The molecular formula is C8H10ClN3O3S2. The van der Waals surface area contributed by atoms with Gasteiger partial charge in [0.05, 0.1) is 11.5 Å².